The van der Waals surface area contributed by atoms with E-state index in [4.69, 9.17) is 16.6 Å². The Morgan fingerprint density at radius 1 is 0.875 bits per heavy atom. The standard InChI is InChI=1S/C17H17ClN6/c1-12-10-15(22-17(18)20-12)23-6-8-24(9-7-23)16-11-19-13-4-2-3-5-14(13)21-16/h2-5,10-11H,6-9H2,1H3. The molecule has 1 aliphatic rings. The van der Waals surface area contributed by atoms with Crippen molar-refractivity contribution in [1.82, 2.24) is 19.9 Å². The Morgan fingerprint density at radius 2 is 1.54 bits per heavy atom. The average Bonchev–Trinajstić information content (AvgIpc) is 2.61. The first-order valence-corrected chi connectivity index (χ1v) is 8.30. The van der Waals surface area contributed by atoms with E-state index in [-0.39, 0.29) is 0 Å². The number of rotatable bonds is 2. The number of fused-ring (bicyclic) bond motifs is 1. The fourth-order valence-corrected chi connectivity index (χ4v) is 3.16. The number of benzene rings is 1. The van der Waals surface area contributed by atoms with Gasteiger partial charge in [-0.25, -0.2) is 15.0 Å². The Kier molecular flexibility index (Phi) is 3.90. The van der Waals surface area contributed by atoms with Crippen LogP contribution in [0.3, 0.4) is 0 Å². The molecular formula is C17H17ClN6. The van der Waals surface area contributed by atoms with Crippen LogP contribution in [-0.4, -0.2) is 46.1 Å². The van der Waals surface area contributed by atoms with Crippen LogP contribution in [0.4, 0.5) is 11.6 Å². The van der Waals surface area contributed by atoms with Gasteiger partial charge in [0.2, 0.25) is 5.28 Å². The highest BCUT2D eigenvalue weighted by atomic mass is 35.5. The molecule has 6 nitrogen and oxygen atoms in total. The maximum atomic E-state index is 5.97. The number of para-hydroxylation sites is 2. The second-order valence-corrected chi connectivity index (χ2v) is 6.17. The fourth-order valence-electron chi connectivity index (χ4n) is 2.94. The summed E-state index contributed by atoms with van der Waals surface area (Å²) in [4.78, 5) is 22.2. The summed E-state index contributed by atoms with van der Waals surface area (Å²) in [6.45, 7) is 5.39. The first kappa shape index (κ1) is 15.1. The molecule has 3 heterocycles. The Bertz CT molecular complexity index is 856. The van der Waals surface area contributed by atoms with Gasteiger partial charge in [-0.15, -0.1) is 0 Å². The highest BCUT2D eigenvalue weighted by Gasteiger charge is 2.20. The smallest absolute Gasteiger partial charge is 0.224 e. The van der Waals surface area contributed by atoms with E-state index in [0.29, 0.717) is 5.28 Å². The second-order valence-electron chi connectivity index (χ2n) is 5.83. The van der Waals surface area contributed by atoms with Gasteiger partial charge in [-0.1, -0.05) is 12.1 Å². The third-order valence-electron chi connectivity index (χ3n) is 4.18. The zero-order valence-corrected chi connectivity index (χ0v) is 14.1. The lowest BCUT2D eigenvalue weighted by atomic mass is 10.3. The van der Waals surface area contributed by atoms with Crippen LogP contribution in [0, 0.1) is 6.92 Å². The minimum absolute atomic E-state index is 0.299. The molecule has 7 heteroatoms. The normalized spacial score (nSPS) is 15.1. The molecule has 1 aromatic carbocycles. The third kappa shape index (κ3) is 2.97. The lowest BCUT2D eigenvalue weighted by Gasteiger charge is -2.36. The molecule has 24 heavy (non-hydrogen) atoms. The van der Waals surface area contributed by atoms with Crippen molar-refractivity contribution >= 4 is 34.3 Å². The average molecular weight is 341 g/mol. The highest BCUT2D eigenvalue weighted by Crippen LogP contribution is 2.20. The molecule has 0 amide bonds. The molecule has 0 radical (unpaired) electrons. The number of hydrogen-bond donors (Lipinski definition) is 0. The summed E-state index contributed by atoms with van der Waals surface area (Å²) in [6, 6.07) is 9.90. The minimum Gasteiger partial charge on any atom is -0.353 e. The van der Waals surface area contributed by atoms with Crippen molar-refractivity contribution in [3.63, 3.8) is 0 Å². The van der Waals surface area contributed by atoms with Crippen LogP contribution in [0.25, 0.3) is 11.0 Å². The van der Waals surface area contributed by atoms with Crippen molar-refractivity contribution in [2.24, 2.45) is 0 Å². The SMILES string of the molecule is Cc1cc(N2CCN(c3cnc4ccccc4n3)CC2)nc(Cl)n1. The molecule has 122 valence electrons. The van der Waals surface area contributed by atoms with Crippen molar-refractivity contribution in [3.05, 3.63) is 47.5 Å². The molecule has 0 aliphatic carbocycles. The molecular weight excluding hydrogens is 324 g/mol. The molecule has 0 bridgehead atoms. The van der Waals surface area contributed by atoms with Crippen molar-refractivity contribution in [2.75, 3.05) is 36.0 Å². The molecule has 0 saturated carbocycles. The predicted octanol–water partition coefficient (Wildman–Crippen LogP) is 2.71. The van der Waals surface area contributed by atoms with Gasteiger partial charge in [-0.05, 0) is 30.7 Å². The third-order valence-corrected chi connectivity index (χ3v) is 4.35. The van der Waals surface area contributed by atoms with Crippen LogP contribution in [-0.2, 0) is 0 Å². The Hall–Kier alpha value is -2.47. The van der Waals surface area contributed by atoms with E-state index in [1.54, 1.807) is 0 Å². The highest BCUT2D eigenvalue weighted by molar-refractivity contribution is 6.28. The maximum Gasteiger partial charge on any atom is 0.224 e. The molecule has 0 spiro atoms. The van der Waals surface area contributed by atoms with E-state index in [1.165, 1.54) is 0 Å². The zero-order valence-electron chi connectivity index (χ0n) is 13.4. The number of piperazine rings is 1. The van der Waals surface area contributed by atoms with Gasteiger partial charge in [0.1, 0.15) is 11.6 Å². The predicted molar refractivity (Wildman–Crippen MR) is 95.7 cm³/mol. The van der Waals surface area contributed by atoms with E-state index in [1.807, 2.05) is 43.5 Å². The van der Waals surface area contributed by atoms with Gasteiger partial charge in [-0.3, -0.25) is 4.98 Å². The molecule has 0 unspecified atom stereocenters. The molecule has 1 fully saturated rings. The summed E-state index contributed by atoms with van der Waals surface area (Å²) in [5.41, 5.74) is 2.73. The number of anilines is 2. The largest absolute Gasteiger partial charge is 0.353 e. The molecule has 0 N–H and O–H groups in total. The van der Waals surface area contributed by atoms with Crippen LogP contribution < -0.4 is 9.80 Å². The summed E-state index contributed by atoms with van der Waals surface area (Å²) in [6.07, 6.45) is 1.85. The first-order valence-electron chi connectivity index (χ1n) is 7.92. The van der Waals surface area contributed by atoms with E-state index in [9.17, 15) is 0 Å². The van der Waals surface area contributed by atoms with Crippen molar-refractivity contribution in [3.8, 4) is 0 Å². The maximum absolute atomic E-state index is 5.97. The number of nitrogens with zero attached hydrogens (tertiary/aromatic N) is 6. The summed E-state index contributed by atoms with van der Waals surface area (Å²) >= 11 is 5.97. The Balaban J connectivity index is 1.50. The minimum atomic E-state index is 0.299. The van der Waals surface area contributed by atoms with Crippen LogP contribution in [0.5, 0.6) is 0 Å². The van der Waals surface area contributed by atoms with E-state index >= 15 is 0 Å². The van der Waals surface area contributed by atoms with E-state index < -0.39 is 0 Å². The van der Waals surface area contributed by atoms with E-state index in [0.717, 1.165) is 54.5 Å². The topological polar surface area (TPSA) is 58.0 Å². The molecule has 1 saturated heterocycles. The van der Waals surface area contributed by atoms with Crippen LogP contribution in [0.15, 0.2) is 36.5 Å². The summed E-state index contributed by atoms with van der Waals surface area (Å²) < 4.78 is 0. The number of hydrogen-bond acceptors (Lipinski definition) is 6. The fraction of sp³-hybridized carbons (Fsp3) is 0.294. The van der Waals surface area contributed by atoms with Crippen molar-refractivity contribution in [2.45, 2.75) is 6.92 Å². The zero-order chi connectivity index (χ0) is 16.5. The first-order chi connectivity index (χ1) is 11.7. The molecule has 0 atom stereocenters. The number of halogens is 1. The van der Waals surface area contributed by atoms with Crippen LogP contribution >= 0.6 is 11.6 Å². The second kappa shape index (κ2) is 6.20. The number of aryl methyl sites for hydroxylation is 1. The lowest BCUT2D eigenvalue weighted by molar-refractivity contribution is 0.640. The summed E-state index contributed by atoms with van der Waals surface area (Å²) in [5.74, 6) is 1.81. The van der Waals surface area contributed by atoms with Gasteiger partial charge in [-0.2, -0.15) is 0 Å². The Morgan fingerprint density at radius 3 is 2.25 bits per heavy atom. The van der Waals surface area contributed by atoms with Gasteiger partial charge in [0.15, 0.2) is 0 Å². The van der Waals surface area contributed by atoms with Crippen LogP contribution in [0.2, 0.25) is 5.28 Å². The van der Waals surface area contributed by atoms with E-state index in [2.05, 4.69) is 24.8 Å². The van der Waals surface area contributed by atoms with Crippen molar-refractivity contribution < 1.29 is 0 Å². The van der Waals surface area contributed by atoms with Gasteiger partial charge in [0.05, 0.1) is 17.2 Å². The van der Waals surface area contributed by atoms with Gasteiger partial charge in [0, 0.05) is 37.9 Å². The van der Waals surface area contributed by atoms with Gasteiger partial charge >= 0.3 is 0 Å². The van der Waals surface area contributed by atoms with Crippen LogP contribution in [0.1, 0.15) is 5.69 Å². The molecule has 2 aromatic heterocycles. The Labute approximate surface area is 145 Å². The van der Waals surface area contributed by atoms with Gasteiger partial charge in [0.25, 0.3) is 0 Å². The monoisotopic (exact) mass is 340 g/mol. The molecule has 4 rings (SSSR count). The van der Waals surface area contributed by atoms with Crippen molar-refractivity contribution in [1.29, 1.82) is 0 Å². The van der Waals surface area contributed by atoms with Gasteiger partial charge < -0.3 is 9.80 Å². The number of aromatic nitrogens is 4. The quantitative estimate of drug-likeness (QED) is 0.668. The summed E-state index contributed by atoms with van der Waals surface area (Å²) in [7, 11) is 0. The lowest BCUT2D eigenvalue weighted by Crippen LogP contribution is -2.47. The molecule has 3 aromatic rings. The summed E-state index contributed by atoms with van der Waals surface area (Å²) in [5, 5.41) is 0.299. The molecule has 1 aliphatic heterocycles.